The number of anilines is 1. The summed E-state index contributed by atoms with van der Waals surface area (Å²) in [5.41, 5.74) is 2.07. The molecule has 0 radical (unpaired) electrons. The Bertz CT molecular complexity index is 1550. The van der Waals surface area contributed by atoms with Crippen LogP contribution in [-0.4, -0.2) is 58.9 Å². The Morgan fingerprint density at radius 3 is 2.20 bits per heavy atom. The molecule has 0 bridgehead atoms. The number of pyridine rings is 1. The van der Waals surface area contributed by atoms with Gasteiger partial charge in [0, 0.05) is 55.8 Å². The zero-order chi connectivity index (χ0) is 31.2. The van der Waals surface area contributed by atoms with Crippen molar-refractivity contribution in [2.45, 2.75) is 69.6 Å². The zero-order valence-corrected chi connectivity index (χ0v) is 25.1. The number of rotatable bonds is 9. The quantitative estimate of drug-likeness (QED) is 0.346. The van der Waals surface area contributed by atoms with Crippen LogP contribution >= 0.6 is 0 Å². The predicted molar refractivity (Wildman–Crippen MR) is 167 cm³/mol. The molecule has 1 saturated heterocycles. The number of benzene rings is 2. The van der Waals surface area contributed by atoms with Crippen molar-refractivity contribution in [2.24, 2.45) is 5.92 Å². The molecule has 3 amide bonds. The van der Waals surface area contributed by atoms with Crippen molar-refractivity contribution in [1.29, 1.82) is 5.26 Å². The summed E-state index contributed by atoms with van der Waals surface area (Å²) in [5.74, 6) is 1.29. The molecule has 0 unspecified atom stereocenters. The standard InChI is InChI=1S/C35H37N5O5/c36-21-23-4-11-28(12-5-23)44-29-13-9-26(10-14-29)38-34(42)25-8-15-32(37-22-25)35(43)40-18-16-30(17-19-40)45-31-3-1-2-27(20-31)39-33(41)24-6-7-24/h1-5,8,11-12,15,20,22,24,26,29-30H,6-7,9-10,13-14,16-19H2,(H,38,42)(H,39,41)/t26-,29+. The summed E-state index contributed by atoms with van der Waals surface area (Å²) in [6.45, 7) is 1.09. The van der Waals surface area contributed by atoms with Crippen molar-refractivity contribution in [3.63, 3.8) is 0 Å². The molecule has 1 aromatic heterocycles. The fraction of sp³-hybridized carbons (Fsp3) is 0.400. The molecule has 2 heterocycles. The molecule has 232 valence electrons. The summed E-state index contributed by atoms with van der Waals surface area (Å²) in [6, 6.07) is 20.0. The molecular formula is C35H37N5O5. The van der Waals surface area contributed by atoms with Crippen molar-refractivity contribution in [1.82, 2.24) is 15.2 Å². The van der Waals surface area contributed by atoms with Crippen molar-refractivity contribution >= 4 is 23.4 Å². The summed E-state index contributed by atoms with van der Waals surface area (Å²) in [5, 5.41) is 15.0. The third-order valence-electron chi connectivity index (χ3n) is 8.62. The second-order valence-electron chi connectivity index (χ2n) is 12.0. The van der Waals surface area contributed by atoms with Crippen LogP contribution in [0.5, 0.6) is 11.5 Å². The number of nitrogens with zero attached hydrogens (tertiary/aromatic N) is 3. The Balaban J connectivity index is 0.926. The van der Waals surface area contributed by atoms with E-state index in [1.807, 2.05) is 36.4 Å². The highest BCUT2D eigenvalue weighted by atomic mass is 16.5. The maximum absolute atomic E-state index is 13.1. The fourth-order valence-corrected chi connectivity index (χ4v) is 5.82. The van der Waals surface area contributed by atoms with Crippen molar-refractivity contribution in [3.05, 3.63) is 83.7 Å². The van der Waals surface area contributed by atoms with E-state index < -0.39 is 0 Å². The molecule has 3 fully saturated rings. The second kappa shape index (κ2) is 13.8. The summed E-state index contributed by atoms with van der Waals surface area (Å²) in [7, 11) is 0. The van der Waals surface area contributed by atoms with Gasteiger partial charge in [0.2, 0.25) is 5.91 Å². The van der Waals surface area contributed by atoms with E-state index in [0.29, 0.717) is 48.5 Å². The number of amides is 3. The first-order valence-electron chi connectivity index (χ1n) is 15.7. The SMILES string of the molecule is N#Cc1ccc(O[C@H]2CC[C@@H](NC(=O)c3ccc(C(=O)N4CCC(Oc5cccc(NC(=O)C6CC6)c5)CC4)nc3)CC2)cc1. The Hall–Kier alpha value is -4.91. The lowest BCUT2D eigenvalue weighted by molar-refractivity contribution is -0.117. The normalized spacial score (nSPS) is 20.0. The van der Waals surface area contributed by atoms with E-state index in [9.17, 15) is 14.4 Å². The lowest BCUT2D eigenvalue weighted by Gasteiger charge is -2.32. The first-order valence-corrected chi connectivity index (χ1v) is 15.7. The molecule has 3 aromatic rings. The second-order valence-corrected chi connectivity index (χ2v) is 12.0. The first kappa shape index (κ1) is 30.1. The van der Waals surface area contributed by atoms with Gasteiger partial charge in [-0.3, -0.25) is 19.4 Å². The van der Waals surface area contributed by atoms with Crippen molar-refractivity contribution in [3.8, 4) is 17.6 Å². The van der Waals surface area contributed by atoms with Crippen LogP contribution in [0, 0.1) is 17.2 Å². The number of likely N-dealkylation sites (tertiary alicyclic amines) is 1. The minimum atomic E-state index is -0.202. The van der Waals surface area contributed by atoms with Gasteiger partial charge in [0.1, 0.15) is 23.3 Å². The Morgan fingerprint density at radius 1 is 0.822 bits per heavy atom. The number of carbonyl (C=O) groups is 3. The van der Waals surface area contributed by atoms with Crippen LogP contribution in [0.15, 0.2) is 66.9 Å². The van der Waals surface area contributed by atoms with Crippen LogP contribution in [0.3, 0.4) is 0 Å². The van der Waals surface area contributed by atoms with E-state index in [-0.39, 0.29) is 41.9 Å². The number of piperidine rings is 1. The van der Waals surface area contributed by atoms with E-state index in [0.717, 1.165) is 50.0 Å². The predicted octanol–water partition coefficient (Wildman–Crippen LogP) is 5.11. The van der Waals surface area contributed by atoms with Gasteiger partial charge in [0.05, 0.1) is 23.3 Å². The van der Waals surface area contributed by atoms with Crippen LogP contribution in [0.4, 0.5) is 5.69 Å². The summed E-state index contributed by atoms with van der Waals surface area (Å²) < 4.78 is 12.2. The first-order chi connectivity index (χ1) is 21.9. The van der Waals surface area contributed by atoms with Gasteiger partial charge < -0.3 is 25.0 Å². The molecule has 10 heteroatoms. The number of aromatic nitrogens is 1. The van der Waals surface area contributed by atoms with Crippen LogP contribution in [0.25, 0.3) is 0 Å². The molecule has 6 rings (SSSR count). The van der Waals surface area contributed by atoms with Crippen LogP contribution in [-0.2, 0) is 4.79 Å². The highest BCUT2D eigenvalue weighted by Crippen LogP contribution is 2.31. The molecule has 2 saturated carbocycles. The topological polar surface area (TPSA) is 134 Å². The van der Waals surface area contributed by atoms with Gasteiger partial charge >= 0.3 is 0 Å². The zero-order valence-electron chi connectivity index (χ0n) is 25.1. The smallest absolute Gasteiger partial charge is 0.272 e. The number of hydrogen-bond acceptors (Lipinski definition) is 7. The third-order valence-corrected chi connectivity index (χ3v) is 8.62. The van der Waals surface area contributed by atoms with Gasteiger partial charge in [-0.25, -0.2) is 0 Å². The Labute approximate surface area is 262 Å². The van der Waals surface area contributed by atoms with Gasteiger partial charge in [-0.1, -0.05) is 6.07 Å². The van der Waals surface area contributed by atoms with Gasteiger partial charge in [0.15, 0.2) is 0 Å². The largest absolute Gasteiger partial charge is 0.490 e. The van der Waals surface area contributed by atoms with E-state index in [1.54, 1.807) is 29.2 Å². The van der Waals surface area contributed by atoms with Crippen LogP contribution in [0.2, 0.25) is 0 Å². The van der Waals surface area contributed by atoms with Gasteiger partial charge in [-0.2, -0.15) is 5.26 Å². The molecule has 0 atom stereocenters. The van der Waals surface area contributed by atoms with E-state index >= 15 is 0 Å². The molecule has 45 heavy (non-hydrogen) atoms. The molecular weight excluding hydrogens is 570 g/mol. The van der Waals surface area contributed by atoms with Crippen molar-refractivity contribution in [2.75, 3.05) is 18.4 Å². The number of nitriles is 1. The molecule has 2 aromatic carbocycles. The summed E-state index contributed by atoms with van der Waals surface area (Å²) in [4.78, 5) is 44.2. The highest BCUT2D eigenvalue weighted by Gasteiger charge is 2.30. The number of nitrogens with one attached hydrogen (secondary N) is 2. The Morgan fingerprint density at radius 2 is 1.53 bits per heavy atom. The molecule has 10 nitrogen and oxygen atoms in total. The third kappa shape index (κ3) is 7.98. The van der Waals surface area contributed by atoms with Gasteiger partial charge in [-0.15, -0.1) is 0 Å². The highest BCUT2D eigenvalue weighted by molar-refractivity contribution is 5.96. The fourth-order valence-electron chi connectivity index (χ4n) is 5.82. The molecule has 2 aliphatic carbocycles. The lowest BCUT2D eigenvalue weighted by Crippen LogP contribution is -2.42. The average molecular weight is 608 g/mol. The molecule has 3 aliphatic rings. The Kier molecular flexibility index (Phi) is 9.24. The van der Waals surface area contributed by atoms with E-state index in [4.69, 9.17) is 14.7 Å². The van der Waals surface area contributed by atoms with Crippen LogP contribution < -0.4 is 20.1 Å². The monoisotopic (exact) mass is 607 g/mol. The average Bonchev–Trinajstić information content (AvgIpc) is 3.93. The van der Waals surface area contributed by atoms with Gasteiger partial charge in [0.25, 0.3) is 11.8 Å². The minimum absolute atomic E-state index is 0.0277. The number of carbonyl (C=O) groups excluding carboxylic acids is 3. The minimum Gasteiger partial charge on any atom is -0.490 e. The van der Waals surface area contributed by atoms with E-state index in [2.05, 4.69) is 21.7 Å². The number of ether oxygens (including phenoxy) is 2. The maximum Gasteiger partial charge on any atom is 0.272 e. The maximum atomic E-state index is 13.1. The summed E-state index contributed by atoms with van der Waals surface area (Å²) in [6.07, 6.45) is 8.05. The summed E-state index contributed by atoms with van der Waals surface area (Å²) >= 11 is 0. The van der Waals surface area contributed by atoms with E-state index in [1.165, 1.54) is 6.20 Å². The van der Waals surface area contributed by atoms with Gasteiger partial charge in [-0.05, 0) is 87.1 Å². The molecule has 0 spiro atoms. The number of hydrogen-bond donors (Lipinski definition) is 2. The molecule has 2 N–H and O–H groups in total. The van der Waals surface area contributed by atoms with Crippen LogP contribution in [0.1, 0.15) is 77.8 Å². The lowest BCUT2D eigenvalue weighted by atomic mass is 9.92. The van der Waals surface area contributed by atoms with Crippen molar-refractivity contribution < 1.29 is 23.9 Å². The molecule has 1 aliphatic heterocycles.